The molecule has 1 atom stereocenters. The van der Waals surface area contributed by atoms with Crippen LogP contribution < -0.4 is 0 Å². The zero-order valence-corrected chi connectivity index (χ0v) is 11.1. The molecule has 1 aromatic carbocycles. The summed E-state index contributed by atoms with van der Waals surface area (Å²) >= 11 is 0. The fraction of sp³-hybridized carbons (Fsp3) is 0.533. The number of para-hydroxylation sites is 1. The molecule has 0 spiro atoms. The molecule has 17 heavy (non-hydrogen) atoms. The van der Waals surface area contributed by atoms with Crippen LogP contribution in [0.2, 0.25) is 0 Å². The first kappa shape index (κ1) is 12.3. The van der Waals surface area contributed by atoms with E-state index in [9.17, 15) is 0 Å². The molecule has 1 aliphatic heterocycles. The highest BCUT2D eigenvalue weighted by molar-refractivity contribution is 5.88. The molecular formula is C15H22N2. The summed E-state index contributed by atoms with van der Waals surface area (Å²) in [5.41, 5.74) is 3.88. The number of nitrogens with zero attached hydrogens (tertiary/aromatic N) is 2. The van der Waals surface area contributed by atoms with Gasteiger partial charge in [-0.05, 0) is 38.4 Å². The van der Waals surface area contributed by atoms with Crippen molar-refractivity contribution in [3.05, 3.63) is 29.8 Å². The minimum Gasteiger partial charge on any atom is -0.303 e. The van der Waals surface area contributed by atoms with Crippen LogP contribution in [0.1, 0.15) is 32.3 Å². The first-order chi connectivity index (χ1) is 8.20. The number of hydrogen-bond acceptors (Lipinski definition) is 2. The van der Waals surface area contributed by atoms with Gasteiger partial charge in [-0.3, -0.25) is 4.99 Å². The molecule has 1 fully saturated rings. The third kappa shape index (κ3) is 2.95. The lowest BCUT2D eigenvalue weighted by atomic mass is 10.0. The molecule has 1 aromatic rings. The molecule has 2 rings (SSSR count). The van der Waals surface area contributed by atoms with Gasteiger partial charge in [0.2, 0.25) is 0 Å². The Morgan fingerprint density at radius 2 is 2.12 bits per heavy atom. The summed E-state index contributed by atoms with van der Waals surface area (Å²) in [6, 6.07) is 9.11. The fourth-order valence-electron chi connectivity index (χ4n) is 2.32. The van der Waals surface area contributed by atoms with E-state index in [1.165, 1.54) is 17.0 Å². The normalized spacial score (nSPS) is 24.2. The molecule has 0 bridgehead atoms. The lowest BCUT2D eigenvalue weighted by molar-refractivity contribution is 0.253. The van der Waals surface area contributed by atoms with Gasteiger partial charge in [-0.2, -0.15) is 0 Å². The van der Waals surface area contributed by atoms with Gasteiger partial charge in [-0.15, -0.1) is 0 Å². The summed E-state index contributed by atoms with van der Waals surface area (Å²) in [6.45, 7) is 5.60. The quantitative estimate of drug-likeness (QED) is 0.760. The molecule has 0 N–H and O–H groups in total. The van der Waals surface area contributed by atoms with Crippen LogP contribution in [0.25, 0.3) is 0 Å². The molecule has 2 nitrogen and oxygen atoms in total. The number of benzene rings is 1. The Balaban J connectivity index is 2.19. The number of hydrogen-bond donors (Lipinski definition) is 0. The topological polar surface area (TPSA) is 15.6 Å². The van der Waals surface area contributed by atoms with Gasteiger partial charge in [-0.1, -0.05) is 25.1 Å². The van der Waals surface area contributed by atoms with E-state index in [2.05, 4.69) is 50.1 Å². The molecular weight excluding hydrogens is 208 g/mol. The monoisotopic (exact) mass is 230 g/mol. The summed E-state index contributed by atoms with van der Waals surface area (Å²) in [4.78, 5) is 7.27. The number of piperidine rings is 1. The van der Waals surface area contributed by atoms with Crippen molar-refractivity contribution in [3.63, 3.8) is 0 Å². The van der Waals surface area contributed by atoms with Gasteiger partial charge < -0.3 is 4.90 Å². The van der Waals surface area contributed by atoms with E-state index in [1.54, 1.807) is 0 Å². The largest absolute Gasteiger partial charge is 0.303 e. The number of likely N-dealkylation sites (tertiary alicyclic amines) is 1. The van der Waals surface area contributed by atoms with E-state index in [1.807, 2.05) is 0 Å². The second-order valence-corrected chi connectivity index (χ2v) is 4.94. The lowest BCUT2D eigenvalue weighted by Crippen LogP contribution is -2.37. The van der Waals surface area contributed by atoms with Crippen molar-refractivity contribution in [2.75, 3.05) is 13.6 Å². The average molecular weight is 230 g/mol. The van der Waals surface area contributed by atoms with Gasteiger partial charge in [0.05, 0.1) is 5.69 Å². The summed E-state index contributed by atoms with van der Waals surface area (Å²) in [5.74, 6) is 0. The molecule has 1 aliphatic rings. The molecule has 0 radical (unpaired) electrons. The van der Waals surface area contributed by atoms with Gasteiger partial charge in [0.1, 0.15) is 0 Å². The Morgan fingerprint density at radius 3 is 2.82 bits per heavy atom. The molecule has 1 heterocycles. The summed E-state index contributed by atoms with van der Waals surface area (Å²) < 4.78 is 0. The van der Waals surface area contributed by atoms with Crippen LogP contribution in [0.4, 0.5) is 5.69 Å². The van der Waals surface area contributed by atoms with Crippen LogP contribution in [0.3, 0.4) is 0 Å². The SMILES string of the molecule is CCc1ccccc1N=C1CCN(C)C(C)C1. The number of aliphatic imine (C=N–C) groups is 1. The molecule has 0 aromatic heterocycles. The van der Waals surface area contributed by atoms with Gasteiger partial charge in [-0.25, -0.2) is 0 Å². The van der Waals surface area contributed by atoms with Crippen molar-refractivity contribution < 1.29 is 0 Å². The molecule has 92 valence electrons. The summed E-state index contributed by atoms with van der Waals surface area (Å²) in [7, 11) is 2.20. The Hall–Kier alpha value is -1.15. The van der Waals surface area contributed by atoms with Crippen molar-refractivity contribution in [1.29, 1.82) is 0 Å². The van der Waals surface area contributed by atoms with Crippen molar-refractivity contribution in [1.82, 2.24) is 4.90 Å². The van der Waals surface area contributed by atoms with Crippen LogP contribution in [-0.4, -0.2) is 30.2 Å². The standard InChI is InChI=1S/C15H22N2/c1-4-13-7-5-6-8-15(13)16-14-9-10-17(3)12(2)11-14/h5-8,12H,4,9-11H2,1-3H3. The van der Waals surface area contributed by atoms with Crippen molar-refractivity contribution in [2.24, 2.45) is 4.99 Å². The Bertz CT molecular complexity index is 409. The highest BCUT2D eigenvalue weighted by Crippen LogP contribution is 2.22. The van der Waals surface area contributed by atoms with Crippen LogP contribution >= 0.6 is 0 Å². The van der Waals surface area contributed by atoms with E-state index < -0.39 is 0 Å². The molecule has 1 unspecified atom stereocenters. The first-order valence-corrected chi connectivity index (χ1v) is 6.55. The molecule has 2 heteroatoms. The molecule has 0 saturated carbocycles. The van der Waals surface area contributed by atoms with Crippen molar-refractivity contribution >= 4 is 11.4 Å². The van der Waals surface area contributed by atoms with Crippen LogP contribution in [0, 0.1) is 0 Å². The molecule has 1 saturated heterocycles. The second-order valence-electron chi connectivity index (χ2n) is 4.94. The van der Waals surface area contributed by atoms with Crippen molar-refractivity contribution in [2.45, 2.75) is 39.2 Å². The second kappa shape index (κ2) is 5.46. The van der Waals surface area contributed by atoms with E-state index >= 15 is 0 Å². The fourth-order valence-corrected chi connectivity index (χ4v) is 2.32. The highest BCUT2D eigenvalue weighted by Gasteiger charge is 2.18. The van der Waals surface area contributed by atoms with Gasteiger partial charge in [0.25, 0.3) is 0 Å². The first-order valence-electron chi connectivity index (χ1n) is 6.55. The Kier molecular flexibility index (Phi) is 3.95. The van der Waals surface area contributed by atoms with E-state index in [0.717, 1.165) is 25.8 Å². The van der Waals surface area contributed by atoms with Gasteiger partial charge in [0.15, 0.2) is 0 Å². The Morgan fingerprint density at radius 1 is 1.35 bits per heavy atom. The number of aryl methyl sites for hydroxylation is 1. The highest BCUT2D eigenvalue weighted by atomic mass is 15.1. The van der Waals surface area contributed by atoms with E-state index in [4.69, 9.17) is 4.99 Å². The summed E-state index contributed by atoms with van der Waals surface area (Å²) in [5, 5.41) is 0. The van der Waals surface area contributed by atoms with Crippen LogP contribution in [0.5, 0.6) is 0 Å². The minimum atomic E-state index is 0.622. The van der Waals surface area contributed by atoms with Crippen LogP contribution in [0.15, 0.2) is 29.3 Å². The van der Waals surface area contributed by atoms with Crippen LogP contribution in [-0.2, 0) is 6.42 Å². The van der Waals surface area contributed by atoms with Gasteiger partial charge >= 0.3 is 0 Å². The Labute approximate surface area is 104 Å². The summed E-state index contributed by atoms with van der Waals surface area (Å²) in [6.07, 6.45) is 3.27. The molecule has 0 amide bonds. The zero-order valence-electron chi connectivity index (χ0n) is 11.1. The minimum absolute atomic E-state index is 0.622. The van der Waals surface area contributed by atoms with E-state index in [-0.39, 0.29) is 0 Å². The maximum absolute atomic E-state index is 4.86. The van der Waals surface area contributed by atoms with Crippen molar-refractivity contribution in [3.8, 4) is 0 Å². The lowest BCUT2D eigenvalue weighted by Gasteiger charge is -2.30. The zero-order chi connectivity index (χ0) is 12.3. The molecule has 0 aliphatic carbocycles. The van der Waals surface area contributed by atoms with Gasteiger partial charge in [0, 0.05) is 24.7 Å². The van der Waals surface area contributed by atoms with E-state index in [0.29, 0.717) is 6.04 Å². The average Bonchev–Trinajstić information content (AvgIpc) is 2.34. The predicted molar refractivity (Wildman–Crippen MR) is 74.2 cm³/mol. The third-order valence-corrected chi connectivity index (χ3v) is 3.69. The maximum atomic E-state index is 4.86. The number of rotatable bonds is 2. The predicted octanol–water partition coefficient (Wildman–Crippen LogP) is 3.44. The third-order valence-electron chi connectivity index (χ3n) is 3.69. The smallest absolute Gasteiger partial charge is 0.0660 e. The maximum Gasteiger partial charge on any atom is 0.0660 e.